The highest BCUT2D eigenvalue weighted by molar-refractivity contribution is 5.91. The smallest absolute Gasteiger partial charge is 0.315 e. The second kappa shape index (κ2) is 11.3. The Morgan fingerprint density at radius 2 is 1.65 bits per heavy atom. The van der Waals surface area contributed by atoms with Gasteiger partial charge in [-0.2, -0.15) is 0 Å². The Morgan fingerprint density at radius 1 is 0.941 bits per heavy atom. The molecule has 8 heteroatoms. The Hall–Kier alpha value is -3.13. The molecule has 2 heterocycles. The van der Waals surface area contributed by atoms with Crippen molar-refractivity contribution in [2.75, 3.05) is 37.6 Å². The molecule has 1 saturated heterocycles. The summed E-state index contributed by atoms with van der Waals surface area (Å²) in [6, 6.07) is 13.4. The highest BCUT2D eigenvalue weighted by atomic mass is 16.2. The topological polar surface area (TPSA) is 89.6 Å². The largest absolute Gasteiger partial charge is 0.354 e. The van der Waals surface area contributed by atoms with Crippen molar-refractivity contribution in [2.24, 2.45) is 0 Å². The van der Waals surface area contributed by atoms with Crippen molar-refractivity contribution in [1.82, 2.24) is 25.8 Å². The SMILES string of the molecule is CCN1CCN(c2cc(CNC(=O)C3(NC(=O)NCc4ccccc4)CCCC3)ccn2)CC1. The van der Waals surface area contributed by atoms with Gasteiger partial charge in [-0.1, -0.05) is 50.1 Å². The summed E-state index contributed by atoms with van der Waals surface area (Å²) in [6.07, 6.45) is 4.97. The molecule has 1 aromatic heterocycles. The van der Waals surface area contributed by atoms with Crippen molar-refractivity contribution in [3.05, 3.63) is 59.8 Å². The van der Waals surface area contributed by atoms with Crippen LogP contribution < -0.4 is 20.9 Å². The number of anilines is 1. The summed E-state index contributed by atoms with van der Waals surface area (Å²) < 4.78 is 0. The van der Waals surface area contributed by atoms with Gasteiger partial charge in [0.15, 0.2) is 0 Å². The summed E-state index contributed by atoms with van der Waals surface area (Å²) in [4.78, 5) is 35.1. The van der Waals surface area contributed by atoms with Gasteiger partial charge in [-0.15, -0.1) is 0 Å². The van der Waals surface area contributed by atoms with Crippen molar-refractivity contribution in [3.63, 3.8) is 0 Å². The van der Waals surface area contributed by atoms with E-state index in [1.807, 2.05) is 42.6 Å². The van der Waals surface area contributed by atoms with Crippen molar-refractivity contribution in [1.29, 1.82) is 0 Å². The van der Waals surface area contributed by atoms with Gasteiger partial charge >= 0.3 is 6.03 Å². The number of piperazine rings is 1. The van der Waals surface area contributed by atoms with Crippen LogP contribution in [0.3, 0.4) is 0 Å². The van der Waals surface area contributed by atoms with E-state index in [2.05, 4.69) is 43.7 Å². The van der Waals surface area contributed by atoms with Crippen molar-refractivity contribution in [2.45, 2.75) is 51.2 Å². The summed E-state index contributed by atoms with van der Waals surface area (Å²) in [5.74, 6) is 0.839. The molecule has 4 rings (SSSR count). The molecule has 2 aromatic rings. The standard InChI is InChI=1S/C26H36N6O2/c1-2-31-14-16-32(17-15-31)23-18-22(10-13-27-23)20-28-24(33)26(11-6-7-12-26)30-25(34)29-19-21-8-4-3-5-9-21/h3-5,8-10,13,18H,2,6-7,11-12,14-17,19-20H2,1H3,(H,28,33)(H2,29,30,34). The lowest BCUT2D eigenvalue weighted by Crippen LogP contribution is -2.59. The third-order valence-electron chi connectivity index (χ3n) is 6.95. The van der Waals surface area contributed by atoms with Crippen LogP contribution in [0.4, 0.5) is 10.6 Å². The first-order valence-electron chi connectivity index (χ1n) is 12.4. The molecule has 8 nitrogen and oxygen atoms in total. The first-order chi connectivity index (χ1) is 16.6. The highest BCUT2D eigenvalue weighted by Gasteiger charge is 2.42. The van der Waals surface area contributed by atoms with E-state index in [0.717, 1.165) is 62.5 Å². The quantitative estimate of drug-likeness (QED) is 0.559. The Balaban J connectivity index is 1.32. The Bertz CT molecular complexity index is 953. The minimum atomic E-state index is -0.854. The van der Waals surface area contributed by atoms with Gasteiger partial charge in [0.25, 0.3) is 0 Å². The summed E-state index contributed by atoms with van der Waals surface area (Å²) >= 11 is 0. The molecule has 2 aliphatic rings. The minimum absolute atomic E-state index is 0.116. The number of likely N-dealkylation sites (N-methyl/N-ethyl adjacent to an activating group) is 1. The van der Waals surface area contributed by atoms with Crippen LogP contribution in [0.15, 0.2) is 48.7 Å². The Morgan fingerprint density at radius 3 is 2.35 bits per heavy atom. The highest BCUT2D eigenvalue weighted by Crippen LogP contribution is 2.30. The minimum Gasteiger partial charge on any atom is -0.354 e. The van der Waals surface area contributed by atoms with Gasteiger partial charge in [-0.25, -0.2) is 9.78 Å². The molecule has 0 radical (unpaired) electrons. The number of carbonyl (C=O) groups excluding carboxylic acids is 2. The van der Waals surface area contributed by atoms with Gasteiger partial charge in [0.2, 0.25) is 5.91 Å². The number of hydrogen-bond donors (Lipinski definition) is 3. The van der Waals surface area contributed by atoms with E-state index in [-0.39, 0.29) is 11.9 Å². The van der Waals surface area contributed by atoms with Crippen LogP contribution in [0.2, 0.25) is 0 Å². The molecule has 34 heavy (non-hydrogen) atoms. The van der Waals surface area contributed by atoms with E-state index < -0.39 is 5.54 Å². The summed E-state index contributed by atoms with van der Waals surface area (Å²) in [5, 5.41) is 8.94. The fourth-order valence-electron chi connectivity index (χ4n) is 4.82. The zero-order valence-corrected chi connectivity index (χ0v) is 20.1. The van der Waals surface area contributed by atoms with Crippen LogP contribution in [0.1, 0.15) is 43.7 Å². The van der Waals surface area contributed by atoms with Crippen LogP contribution in [-0.4, -0.2) is 60.1 Å². The van der Waals surface area contributed by atoms with Crippen LogP contribution >= 0.6 is 0 Å². The molecule has 0 bridgehead atoms. The number of aromatic nitrogens is 1. The Kier molecular flexibility index (Phi) is 8.00. The molecule has 1 aliphatic heterocycles. The first-order valence-corrected chi connectivity index (χ1v) is 12.4. The average Bonchev–Trinajstić information content (AvgIpc) is 3.36. The van der Waals surface area contributed by atoms with Gasteiger partial charge in [-0.3, -0.25) is 4.79 Å². The van der Waals surface area contributed by atoms with E-state index in [1.165, 1.54) is 0 Å². The lowest BCUT2D eigenvalue weighted by Gasteiger charge is -2.34. The predicted molar refractivity (Wildman–Crippen MR) is 133 cm³/mol. The van der Waals surface area contributed by atoms with E-state index in [4.69, 9.17) is 0 Å². The monoisotopic (exact) mass is 464 g/mol. The molecule has 1 saturated carbocycles. The van der Waals surface area contributed by atoms with Crippen molar-refractivity contribution in [3.8, 4) is 0 Å². The van der Waals surface area contributed by atoms with Gasteiger partial charge < -0.3 is 25.8 Å². The summed E-state index contributed by atoms with van der Waals surface area (Å²) in [7, 11) is 0. The van der Waals surface area contributed by atoms with Crippen LogP contribution in [-0.2, 0) is 17.9 Å². The molecular formula is C26H36N6O2. The van der Waals surface area contributed by atoms with Gasteiger partial charge in [-0.05, 0) is 42.6 Å². The maximum atomic E-state index is 13.2. The van der Waals surface area contributed by atoms with Crippen LogP contribution in [0, 0.1) is 0 Å². The molecule has 0 unspecified atom stereocenters. The Labute approximate surface area is 202 Å². The number of urea groups is 1. The number of benzene rings is 1. The average molecular weight is 465 g/mol. The number of carbonyl (C=O) groups is 2. The number of amides is 3. The number of nitrogens with zero attached hydrogens (tertiary/aromatic N) is 3. The molecule has 3 amide bonds. The zero-order valence-electron chi connectivity index (χ0n) is 20.1. The zero-order chi connectivity index (χ0) is 23.8. The lowest BCUT2D eigenvalue weighted by atomic mass is 9.96. The molecule has 2 fully saturated rings. The lowest BCUT2D eigenvalue weighted by molar-refractivity contribution is -0.127. The molecule has 0 atom stereocenters. The fourth-order valence-corrected chi connectivity index (χ4v) is 4.82. The van der Waals surface area contributed by atoms with E-state index in [0.29, 0.717) is 25.9 Å². The molecule has 1 aliphatic carbocycles. The van der Waals surface area contributed by atoms with Gasteiger partial charge in [0.05, 0.1) is 0 Å². The van der Waals surface area contributed by atoms with Crippen LogP contribution in [0.25, 0.3) is 0 Å². The molecule has 182 valence electrons. The molecule has 3 N–H and O–H groups in total. The number of rotatable bonds is 8. The normalized spacial score (nSPS) is 17.9. The third-order valence-corrected chi connectivity index (χ3v) is 6.95. The maximum absolute atomic E-state index is 13.2. The van der Waals surface area contributed by atoms with Gasteiger partial charge in [0, 0.05) is 45.5 Å². The van der Waals surface area contributed by atoms with E-state index in [9.17, 15) is 9.59 Å². The van der Waals surface area contributed by atoms with E-state index >= 15 is 0 Å². The molecule has 1 aromatic carbocycles. The van der Waals surface area contributed by atoms with Crippen molar-refractivity contribution >= 4 is 17.8 Å². The third kappa shape index (κ3) is 6.05. The number of hydrogen-bond acceptors (Lipinski definition) is 5. The summed E-state index contributed by atoms with van der Waals surface area (Å²) in [6.45, 7) is 8.11. The maximum Gasteiger partial charge on any atom is 0.315 e. The summed E-state index contributed by atoms with van der Waals surface area (Å²) in [5.41, 5.74) is 1.18. The number of pyridine rings is 1. The molecular weight excluding hydrogens is 428 g/mol. The fraction of sp³-hybridized carbons (Fsp3) is 0.500. The van der Waals surface area contributed by atoms with Crippen LogP contribution in [0.5, 0.6) is 0 Å². The van der Waals surface area contributed by atoms with Gasteiger partial charge in [0.1, 0.15) is 11.4 Å². The number of nitrogens with one attached hydrogen (secondary N) is 3. The molecule has 0 spiro atoms. The van der Waals surface area contributed by atoms with Crippen molar-refractivity contribution < 1.29 is 9.59 Å². The second-order valence-electron chi connectivity index (χ2n) is 9.21. The van der Waals surface area contributed by atoms with E-state index in [1.54, 1.807) is 0 Å². The first kappa shape index (κ1) is 24.0. The predicted octanol–water partition coefficient (Wildman–Crippen LogP) is 2.65. The second-order valence-corrected chi connectivity index (χ2v) is 9.21.